The number of aromatic hydroxyl groups is 1. The second-order valence-electron chi connectivity index (χ2n) is 9.26. The fraction of sp³-hybridized carbons (Fsp3) is 0.0357. The molecule has 0 radical (unpaired) electrons. The molecule has 0 fully saturated rings. The van der Waals surface area contributed by atoms with E-state index in [-0.39, 0.29) is 82.7 Å². The van der Waals surface area contributed by atoms with Crippen LogP contribution in [0.3, 0.4) is 0 Å². The molecule has 2 amide bonds. The van der Waals surface area contributed by atoms with Crippen molar-refractivity contribution < 1.29 is 69.1 Å². The van der Waals surface area contributed by atoms with Gasteiger partial charge in [-0.3, -0.25) is 23.5 Å². The first-order valence-corrected chi connectivity index (χ1v) is 15.5. The van der Waals surface area contributed by atoms with Gasteiger partial charge in [0.1, 0.15) is 0 Å². The van der Waals surface area contributed by atoms with Gasteiger partial charge in [-0.2, -0.15) is 4.98 Å². The Morgan fingerprint density at radius 2 is 1.72 bits per heavy atom. The van der Waals surface area contributed by atoms with Crippen LogP contribution in [0.25, 0.3) is 11.4 Å². The number of aromatic nitrogens is 3. The number of phenols is 1. The minimum Gasteiger partial charge on any atom is -0.768 e. The second-order valence-corrected chi connectivity index (χ2v) is 11.9. The topological polar surface area (TPSA) is 241 Å². The Morgan fingerprint density at radius 1 is 0.979 bits per heavy atom. The molecule has 0 saturated carbocycles. The van der Waals surface area contributed by atoms with Crippen molar-refractivity contribution in [3.05, 3.63) is 90.8 Å². The van der Waals surface area contributed by atoms with E-state index in [4.69, 9.17) is 4.52 Å². The maximum Gasteiger partial charge on any atom is 3.00 e. The van der Waals surface area contributed by atoms with Crippen LogP contribution in [0.15, 0.2) is 110 Å². The van der Waals surface area contributed by atoms with Crippen molar-refractivity contribution in [2.24, 2.45) is 10.2 Å². The van der Waals surface area contributed by atoms with Crippen molar-refractivity contribution in [3.63, 3.8) is 0 Å². The van der Waals surface area contributed by atoms with Crippen LogP contribution < -0.4 is 15.4 Å². The maximum atomic E-state index is 12.9. The second kappa shape index (κ2) is 15.2. The summed E-state index contributed by atoms with van der Waals surface area (Å²) in [6, 6.07) is 16.3. The minimum absolute atomic E-state index is 0. The van der Waals surface area contributed by atoms with Crippen LogP contribution in [0.1, 0.15) is 17.3 Å². The molecule has 5 aromatic rings. The SMILES string of the molecule is CC(=O)Nc1cc(N=Nc2nc(-c3cccc(NS(=O)(=O)c4cccc(S(=O)[O-])c4)c3)no2)cc(NC(=O)c2cccnc2)c1O.[Y+3]. The summed E-state index contributed by atoms with van der Waals surface area (Å²) in [6.45, 7) is 1.23. The average Bonchev–Trinajstić information content (AvgIpc) is 3.51. The van der Waals surface area contributed by atoms with Gasteiger partial charge in [-0.25, -0.2) is 8.42 Å². The third-order valence-electron chi connectivity index (χ3n) is 5.92. The number of benzene rings is 3. The zero-order valence-electron chi connectivity index (χ0n) is 24.0. The van der Waals surface area contributed by atoms with Gasteiger partial charge in [0.05, 0.1) is 27.5 Å². The van der Waals surface area contributed by atoms with E-state index in [1.54, 1.807) is 12.1 Å². The van der Waals surface area contributed by atoms with E-state index in [2.05, 4.69) is 40.7 Å². The number of pyridine rings is 1. The van der Waals surface area contributed by atoms with Crippen LogP contribution in [0.5, 0.6) is 5.75 Å². The number of hydrogen-bond donors (Lipinski definition) is 4. The van der Waals surface area contributed by atoms with Crippen LogP contribution >= 0.6 is 0 Å². The molecule has 0 aliphatic carbocycles. The van der Waals surface area contributed by atoms with Gasteiger partial charge in [0.25, 0.3) is 15.9 Å². The number of rotatable bonds is 10. The van der Waals surface area contributed by atoms with Gasteiger partial charge in [0.15, 0.2) is 5.75 Å². The third-order valence-corrected chi connectivity index (χ3v) is 7.94. The van der Waals surface area contributed by atoms with Crippen LogP contribution in [-0.2, 0) is 58.6 Å². The summed E-state index contributed by atoms with van der Waals surface area (Å²) in [4.78, 5) is 31.9. The summed E-state index contributed by atoms with van der Waals surface area (Å²) in [6.07, 6.45) is 2.83. The van der Waals surface area contributed by atoms with Crippen LogP contribution in [0.2, 0.25) is 0 Å². The number of nitrogens with zero attached hydrogens (tertiary/aromatic N) is 5. The van der Waals surface area contributed by atoms with E-state index >= 15 is 0 Å². The monoisotopic (exact) mass is 750 g/mol. The molecule has 0 aliphatic rings. The molecule has 0 spiro atoms. The molecule has 1 atom stereocenters. The molecular weight excluding hydrogens is 729 g/mol. The number of sulfonamides is 1. The maximum absolute atomic E-state index is 12.9. The van der Waals surface area contributed by atoms with Crippen molar-refractivity contribution in [3.8, 4) is 17.1 Å². The predicted octanol–water partition coefficient (Wildman–Crippen LogP) is 4.50. The third kappa shape index (κ3) is 8.95. The van der Waals surface area contributed by atoms with E-state index in [0.717, 1.165) is 6.07 Å². The standard InChI is InChI=1S/C28H22N8O8S2.Y/c1-16(37)30-23-12-20(13-24(25(23)38)31-27(39)18-6-4-10-29-15-18)33-34-28-32-26(35-44-28)17-5-2-7-19(11-17)36-46(42,43)22-9-3-8-21(14-22)45(40)41;/h2-15,36,38H,1H3,(H,30,37)(H,31,39)(H,40,41);/q;+3/p-1. The van der Waals surface area contributed by atoms with Crippen molar-refractivity contribution in [1.29, 1.82) is 0 Å². The van der Waals surface area contributed by atoms with Gasteiger partial charge >= 0.3 is 38.7 Å². The van der Waals surface area contributed by atoms with Gasteiger partial charge in [-0.05, 0) is 65.7 Å². The van der Waals surface area contributed by atoms with Crippen LogP contribution in [-0.4, -0.2) is 49.2 Å². The Kier molecular flexibility index (Phi) is 11.4. The quantitative estimate of drug-likeness (QED) is 0.0880. The molecule has 16 nitrogen and oxygen atoms in total. The summed E-state index contributed by atoms with van der Waals surface area (Å²) in [5, 5.41) is 27.4. The summed E-state index contributed by atoms with van der Waals surface area (Å²) in [7, 11) is -4.14. The molecule has 0 saturated heterocycles. The number of carbonyl (C=O) groups is 2. The minimum atomic E-state index is -4.14. The Hall–Kier alpha value is -4.75. The van der Waals surface area contributed by atoms with Gasteiger partial charge in [-0.15, -0.1) is 5.11 Å². The van der Waals surface area contributed by atoms with Gasteiger partial charge < -0.3 is 24.8 Å². The number of amides is 2. The van der Waals surface area contributed by atoms with Crippen molar-refractivity contribution in [2.75, 3.05) is 15.4 Å². The molecule has 5 rings (SSSR count). The number of azo groups is 1. The number of anilines is 3. The molecule has 3 aromatic carbocycles. The summed E-state index contributed by atoms with van der Waals surface area (Å²) >= 11 is -2.61. The van der Waals surface area contributed by atoms with Gasteiger partial charge in [-0.1, -0.05) is 28.5 Å². The molecular formula is C28H21N8O8S2Y+2. The van der Waals surface area contributed by atoms with Gasteiger partial charge in [0, 0.05) is 35.5 Å². The molecule has 0 bridgehead atoms. The van der Waals surface area contributed by atoms with E-state index < -0.39 is 38.7 Å². The Balaban J connectivity index is 0.00000500. The molecule has 1 unspecified atom stereocenters. The summed E-state index contributed by atoms with van der Waals surface area (Å²) < 4.78 is 55.7. The Bertz CT molecular complexity index is 2110. The molecule has 234 valence electrons. The first-order chi connectivity index (χ1) is 22.0. The number of nitrogens with one attached hydrogen (secondary N) is 3. The smallest absolute Gasteiger partial charge is 0.768 e. The van der Waals surface area contributed by atoms with Crippen molar-refractivity contribution in [1.82, 2.24) is 15.1 Å². The zero-order valence-corrected chi connectivity index (χ0v) is 28.5. The fourth-order valence-corrected chi connectivity index (χ4v) is 5.49. The molecule has 2 heterocycles. The molecule has 47 heavy (non-hydrogen) atoms. The molecule has 4 N–H and O–H groups in total. The molecule has 2 aromatic heterocycles. The first kappa shape index (κ1) is 35.1. The first-order valence-electron chi connectivity index (χ1n) is 12.9. The van der Waals surface area contributed by atoms with Crippen LogP contribution in [0.4, 0.5) is 28.8 Å². The van der Waals surface area contributed by atoms with Crippen molar-refractivity contribution in [2.45, 2.75) is 16.7 Å². The predicted molar refractivity (Wildman–Crippen MR) is 163 cm³/mol. The summed E-state index contributed by atoms with van der Waals surface area (Å²) in [5.41, 5.74) is 0.657. The Morgan fingerprint density at radius 3 is 2.43 bits per heavy atom. The molecule has 19 heteroatoms. The fourth-order valence-electron chi connectivity index (χ4n) is 3.90. The number of hydrogen-bond acceptors (Lipinski definition) is 13. The van der Waals surface area contributed by atoms with E-state index in [1.807, 2.05) is 0 Å². The van der Waals surface area contributed by atoms with Crippen LogP contribution in [0, 0.1) is 0 Å². The summed E-state index contributed by atoms with van der Waals surface area (Å²) in [5.74, 6) is -1.46. The molecule has 0 aliphatic heterocycles. The van der Waals surface area contributed by atoms with E-state index in [9.17, 15) is 31.9 Å². The Labute approximate surface area is 294 Å². The van der Waals surface area contributed by atoms with E-state index in [1.165, 1.54) is 73.9 Å². The van der Waals surface area contributed by atoms with Gasteiger partial charge in [0.2, 0.25) is 11.7 Å². The number of phenolic OH excluding ortho intramolecular Hbond substituents is 1. The van der Waals surface area contributed by atoms with E-state index in [0.29, 0.717) is 5.56 Å². The zero-order chi connectivity index (χ0) is 32.8. The van der Waals surface area contributed by atoms with Crippen molar-refractivity contribution >= 4 is 61.7 Å². The normalized spacial score (nSPS) is 11.8. The number of carbonyl (C=O) groups excluding carboxylic acids is 2. The average molecular weight is 751 g/mol. The largest absolute Gasteiger partial charge is 3.00 e.